The summed E-state index contributed by atoms with van der Waals surface area (Å²) in [7, 11) is 2.05. The predicted molar refractivity (Wildman–Crippen MR) is 134 cm³/mol. The Labute approximate surface area is 198 Å². The van der Waals surface area contributed by atoms with Gasteiger partial charge in [-0.3, -0.25) is 0 Å². The van der Waals surface area contributed by atoms with Crippen molar-refractivity contribution in [1.82, 2.24) is 9.88 Å². The minimum absolute atomic E-state index is 0.176. The molecule has 5 rings (SSSR count). The van der Waals surface area contributed by atoms with E-state index < -0.39 is 11.6 Å². The van der Waals surface area contributed by atoms with Gasteiger partial charge in [-0.15, -0.1) is 11.3 Å². The maximum Gasteiger partial charge on any atom is 0.150 e. The topological polar surface area (TPSA) is 54.2 Å². The van der Waals surface area contributed by atoms with E-state index in [0.29, 0.717) is 10.7 Å². The Morgan fingerprint density at radius 2 is 1.85 bits per heavy atom. The molecule has 0 saturated heterocycles. The average Bonchev–Trinajstić information content (AvgIpc) is 3.39. The highest BCUT2D eigenvalue weighted by Crippen LogP contribution is 2.39. The van der Waals surface area contributed by atoms with E-state index in [1.807, 2.05) is 13.1 Å². The van der Waals surface area contributed by atoms with E-state index in [1.165, 1.54) is 28.8 Å². The standard InChI is InChI=1S/C25H20F2N4S2/c1-14-19-5-3-15(9-17(19)13-31(14)2)22-7-8-23(32-22)16-10-24(25(28)29-12-16)33-30-21-6-4-18(26)11-20(21)27/h3-12,30H,1,13H2,2H3,(H2,28,29). The molecule has 0 fully saturated rings. The Morgan fingerprint density at radius 3 is 2.64 bits per heavy atom. The zero-order chi connectivity index (χ0) is 23.1. The van der Waals surface area contributed by atoms with Crippen LogP contribution in [0.4, 0.5) is 20.3 Å². The van der Waals surface area contributed by atoms with Gasteiger partial charge in [0.15, 0.2) is 0 Å². The van der Waals surface area contributed by atoms with Crippen LogP contribution in [-0.2, 0) is 6.54 Å². The molecule has 4 nitrogen and oxygen atoms in total. The molecule has 0 atom stereocenters. The third-order valence-corrected chi connectivity index (χ3v) is 7.60. The van der Waals surface area contributed by atoms with Crippen molar-refractivity contribution in [2.75, 3.05) is 17.5 Å². The molecule has 166 valence electrons. The van der Waals surface area contributed by atoms with Crippen LogP contribution in [0.25, 0.3) is 26.6 Å². The van der Waals surface area contributed by atoms with Crippen molar-refractivity contribution in [2.45, 2.75) is 11.4 Å². The van der Waals surface area contributed by atoms with Gasteiger partial charge in [-0.25, -0.2) is 13.8 Å². The summed E-state index contributed by atoms with van der Waals surface area (Å²) in [5.74, 6) is -0.962. The number of pyridine rings is 1. The second-order valence-corrected chi connectivity index (χ2v) is 9.71. The van der Waals surface area contributed by atoms with Crippen LogP contribution in [0.1, 0.15) is 11.1 Å². The fourth-order valence-corrected chi connectivity index (χ4v) is 5.43. The molecule has 33 heavy (non-hydrogen) atoms. The molecule has 0 bridgehead atoms. The van der Waals surface area contributed by atoms with Gasteiger partial charge in [-0.05, 0) is 59.5 Å². The summed E-state index contributed by atoms with van der Waals surface area (Å²) in [5.41, 5.74) is 11.8. The van der Waals surface area contributed by atoms with E-state index in [4.69, 9.17) is 5.73 Å². The zero-order valence-electron chi connectivity index (χ0n) is 17.7. The molecule has 1 aliphatic heterocycles. The first-order chi connectivity index (χ1) is 15.9. The summed E-state index contributed by atoms with van der Waals surface area (Å²) in [6, 6.07) is 15.9. The summed E-state index contributed by atoms with van der Waals surface area (Å²) >= 11 is 2.81. The summed E-state index contributed by atoms with van der Waals surface area (Å²) in [6.45, 7) is 5.01. The fourth-order valence-electron chi connectivity index (χ4n) is 3.72. The number of benzene rings is 2. The molecule has 4 aromatic rings. The Bertz CT molecular complexity index is 1380. The van der Waals surface area contributed by atoms with Gasteiger partial charge in [0.25, 0.3) is 0 Å². The third kappa shape index (κ3) is 4.19. The number of thiophene rings is 1. The molecule has 2 aromatic carbocycles. The first-order valence-electron chi connectivity index (χ1n) is 10.2. The number of hydrogen-bond acceptors (Lipinski definition) is 6. The molecular weight excluding hydrogens is 458 g/mol. The van der Waals surface area contributed by atoms with Crippen molar-refractivity contribution in [1.29, 1.82) is 0 Å². The van der Waals surface area contributed by atoms with Crippen molar-refractivity contribution in [3.63, 3.8) is 0 Å². The fraction of sp³-hybridized carbons (Fsp3) is 0.0800. The number of nitrogens with two attached hydrogens (primary N) is 1. The van der Waals surface area contributed by atoms with Crippen molar-refractivity contribution in [2.24, 2.45) is 0 Å². The number of nitrogens with zero attached hydrogens (tertiary/aromatic N) is 2. The number of rotatable bonds is 5. The molecule has 1 aliphatic rings. The SMILES string of the molecule is C=C1c2ccc(-c3ccc(-c4cnc(N)c(SNc5ccc(F)cc5F)c4)s3)cc2CN1C. The minimum atomic E-state index is -0.669. The minimum Gasteiger partial charge on any atom is -0.383 e. The van der Waals surface area contributed by atoms with Crippen LogP contribution < -0.4 is 10.5 Å². The van der Waals surface area contributed by atoms with E-state index in [9.17, 15) is 8.78 Å². The van der Waals surface area contributed by atoms with Gasteiger partial charge in [0, 0.05) is 52.4 Å². The van der Waals surface area contributed by atoms with Gasteiger partial charge in [-0.1, -0.05) is 18.7 Å². The van der Waals surface area contributed by atoms with Gasteiger partial charge in [0.2, 0.25) is 0 Å². The van der Waals surface area contributed by atoms with E-state index in [2.05, 4.69) is 51.5 Å². The number of anilines is 2. The van der Waals surface area contributed by atoms with Crippen molar-refractivity contribution in [3.8, 4) is 20.9 Å². The molecule has 3 heterocycles. The van der Waals surface area contributed by atoms with Crippen LogP contribution in [0.5, 0.6) is 0 Å². The van der Waals surface area contributed by atoms with Gasteiger partial charge < -0.3 is 15.4 Å². The Hall–Kier alpha value is -3.36. The molecule has 0 unspecified atom stereocenters. The Balaban J connectivity index is 1.38. The lowest BCUT2D eigenvalue weighted by Gasteiger charge is -2.10. The number of halogens is 2. The Kier molecular flexibility index (Phi) is 5.55. The highest BCUT2D eigenvalue weighted by atomic mass is 32.2. The van der Waals surface area contributed by atoms with Crippen LogP contribution in [0, 0.1) is 11.6 Å². The van der Waals surface area contributed by atoms with E-state index in [1.54, 1.807) is 17.5 Å². The van der Waals surface area contributed by atoms with Crippen LogP contribution in [0.15, 0.2) is 72.3 Å². The second-order valence-electron chi connectivity index (χ2n) is 7.77. The van der Waals surface area contributed by atoms with Gasteiger partial charge in [0.1, 0.15) is 17.5 Å². The molecule has 8 heteroatoms. The summed E-state index contributed by atoms with van der Waals surface area (Å²) in [5, 5.41) is 0. The lowest BCUT2D eigenvalue weighted by atomic mass is 10.0. The number of nitrogen functional groups attached to an aromatic ring is 1. The van der Waals surface area contributed by atoms with Crippen LogP contribution in [0.2, 0.25) is 0 Å². The quantitative estimate of drug-likeness (QED) is 0.307. The molecule has 0 radical (unpaired) electrons. The van der Waals surface area contributed by atoms with Gasteiger partial charge in [0.05, 0.1) is 10.6 Å². The lowest BCUT2D eigenvalue weighted by Crippen LogP contribution is -2.05. The second kappa shape index (κ2) is 8.53. The largest absolute Gasteiger partial charge is 0.383 e. The van der Waals surface area contributed by atoms with E-state index >= 15 is 0 Å². The third-order valence-electron chi connectivity index (χ3n) is 5.54. The molecule has 0 aliphatic carbocycles. The van der Waals surface area contributed by atoms with Gasteiger partial charge >= 0.3 is 0 Å². The lowest BCUT2D eigenvalue weighted by molar-refractivity contribution is 0.501. The van der Waals surface area contributed by atoms with E-state index in [-0.39, 0.29) is 5.69 Å². The zero-order valence-corrected chi connectivity index (χ0v) is 19.4. The van der Waals surface area contributed by atoms with Crippen LogP contribution >= 0.6 is 23.3 Å². The predicted octanol–water partition coefficient (Wildman–Crippen LogP) is 6.87. The smallest absolute Gasteiger partial charge is 0.150 e. The molecule has 0 spiro atoms. The van der Waals surface area contributed by atoms with Crippen LogP contribution in [0.3, 0.4) is 0 Å². The molecular formula is C25H20F2N4S2. The van der Waals surface area contributed by atoms with Crippen LogP contribution in [-0.4, -0.2) is 16.9 Å². The molecule has 2 aromatic heterocycles. The molecule has 0 amide bonds. The first-order valence-corrected chi connectivity index (χ1v) is 11.8. The summed E-state index contributed by atoms with van der Waals surface area (Å²) in [6.07, 6.45) is 1.73. The number of aromatic nitrogens is 1. The monoisotopic (exact) mass is 478 g/mol. The Morgan fingerprint density at radius 1 is 1.06 bits per heavy atom. The van der Waals surface area contributed by atoms with Crippen molar-refractivity contribution < 1.29 is 8.78 Å². The normalized spacial score (nSPS) is 12.8. The highest BCUT2D eigenvalue weighted by Gasteiger charge is 2.20. The average molecular weight is 479 g/mol. The first kappa shape index (κ1) is 21.5. The van der Waals surface area contributed by atoms with E-state index in [0.717, 1.165) is 45.6 Å². The maximum atomic E-state index is 13.9. The maximum absolute atomic E-state index is 13.9. The number of fused-ring (bicyclic) bond motifs is 1. The van der Waals surface area contributed by atoms with Gasteiger partial charge in [-0.2, -0.15) is 0 Å². The molecule has 0 saturated carbocycles. The van der Waals surface area contributed by atoms with Crippen molar-refractivity contribution >= 4 is 40.5 Å². The number of hydrogen-bond donors (Lipinski definition) is 2. The van der Waals surface area contributed by atoms with Crippen molar-refractivity contribution in [3.05, 3.63) is 90.1 Å². The summed E-state index contributed by atoms with van der Waals surface area (Å²) < 4.78 is 29.9. The highest BCUT2D eigenvalue weighted by molar-refractivity contribution is 8.00. The number of nitrogens with one attached hydrogen (secondary N) is 1. The summed E-state index contributed by atoms with van der Waals surface area (Å²) in [4.78, 5) is 9.32. The molecule has 3 N–H and O–H groups in total.